The van der Waals surface area contributed by atoms with Crippen molar-refractivity contribution >= 4 is 22.7 Å². The van der Waals surface area contributed by atoms with Crippen LogP contribution in [-0.2, 0) is 0 Å². The van der Waals surface area contributed by atoms with Crippen LogP contribution in [0.25, 0.3) is 10.9 Å². The van der Waals surface area contributed by atoms with E-state index < -0.39 is 0 Å². The number of para-hydroxylation sites is 1. The molecule has 3 heteroatoms. The zero-order valence-electron chi connectivity index (χ0n) is 11.9. The number of thioether (sulfide) groups is 1. The van der Waals surface area contributed by atoms with Gasteiger partial charge >= 0.3 is 0 Å². The van der Waals surface area contributed by atoms with Crippen LogP contribution in [0.4, 0.5) is 0 Å². The van der Waals surface area contributed by atoms with Crippen LogP contribution in [0.3, 0.4) is 0 Å². The Bertz CT molecular complexity index is 544. The van der Waals surface area contributed by atoms with E-state index in [1.165, 1.54) is 61.4 Å². The fourth-order valence-electron chi connectivity index (χ4n) is 2.85. The third-order valence-electron chi connectivity index (χ3n) is 3.93. The molecule has 20 heavy (non-hydrogen) atoms. The normalized spacial score (nSPS) is 16.6. The molecule has 3 rings (SSSR count). The first kappa shape index (κ1) is 13.9. The minimum atomic E-state index is 1.11. The molecule has 0 spiro atoms. The lowest BCUT2D eigenvalue weighted by molar-refractivity contribution is 0.230. The number of benzene rings is 1. The first-order chi connectivity index (χ1) is 9.93. The maximum absolute atomic E-state index is 4.42. The number of fused-ring (bicyclic) bond motifs is 1. The number of hydrogen-bond acceptors (Lipinski definition) is 3. The number of hydrogen-bond donors (Lipinski definition) is 0. The van der Waals surface area contributed by atoms with Crippen molar-refractivity contribution in [1.82, 2.24) is 9.88 Å². The monoisotopic (exact) mass is 286 g/mol. The van der Waals surface area contributed by atoms with Crippen LogP contribution in [0, 0.1) is 0 Å². The van der Waals surface area contributed by atoms with Crippen LogP contribution in [0.2, 0.25) is 0 Å². The van der Waals surface area contributed by atoms with Gasteiger partial charge in [0.1, 0.15) is 0 Å². The van der Waals surface area contributed by atoms with E-state index in [1.807, 2.05) is 18.0 Å². The summed E-state index contributed by atoms with van der Waals surface area (Å²) < 4.78 is 0. The first-order valence-electron chi connectivity index (χ1n) is 7.62. The lowest BCUT2D eigenvalue weighted by Crippen LogP contribution is -2.30. The molecular weight excluding hydrogens is 264 g/mol. The summed E-state index contributed by atoms with van der Waals surface area (Å²) in [5.74, 6) is 1.20. The summed E-state index contributed by atoms with van der Waals surface area (Å²) in [6, 6.07) is 10.6. The minimum Gasteiger partial charge on any atom is -0.303 e. The molecule has 1 saturated heterocycles. The number of likely N-dealkylation sites (tertiary alicyclic amines) is 1. The molecule has 106 valence electrons. The highest BCUT2D eigenvalue weighted by molar-refractivity contribution is 7.99. The van der Waals surface area contributed by atoms with E-state index in [9.17, 15) is 0 Å². The third kappa shape index (κ3) is 3.53. The Balaban J connectivity index is 1.52. The van der Waals surface area contributed by atoms with Gasteiger partial charge in [0.2, 0.25) is 0 Å². The van der Waals surface area contributed by atoms with Gasteiger partial charge in [-0.3, -0.25) is 4.98 Å². The fourth-order valence-corrected chi connectivity index (χ4v) is 3.83. The zero-order chi connectivity index (χ0) is 13.6. The molecule has 1 aliphatic heterocycles. The molecule has 1 aromatic heterocycles. The van der Waals surface area contributed by atoms with E-state index in [2.05, 4.69) is 40.2 Å². The predicted molar refractivity (Wildman–Crippen MR) is 87.4 cm³/mol. The smallest absolute Gasteiger partial charge is 0.0713 e. The molecule has 2 nitrogen and oxygen atoms in total. The van der Waals surface area contributed by atoms with Crippen molar-refractivity contribution in [2.24, 2.45) is 0 Å². The van der Waals surface area contributed by atoms with Gasteiger partial charge in [0, 0.05) is 16.5 Å². The van der Waals surface area contributed by atoms with Crippen LogP contribution in [0.5, 0.6) is 0 Å². The van der Waals surface area contributed by atoms with E-state index in [-0.39, 0.29) is 0 Å². The van der Waals surface area contributed by atoms with E-state index in [4.69, 9.17) is 0 Å². The molecular formula is C17H22N2S. The van der Waals surface area contributed by atoms with E-state index in [1.54, 1.807) is 0 Å². The number of piperidine rings is 1. The zero-order valence-corrected chi connectivity index (χ0v) is 12.7. The average molecular weight is 286 g/mol. The highest BCUT2D eigenvalue weighted by Gasteiger charge is 2.09. The Morgan fingerprint density at radius 2 is 1.90 bits per heavy atom. The average Bonchev–Trinajstić information content (AvgIpc) is 2.53. The Morgan fingerprint density at radius 3 is 2.80 bits per heavy atom. The molecule has 0 saturated carbocycles. The lowest BCUT2D eigenvalue weighted by Gasteiger charge is -2.26. The Labute approximate surface area is 125 Å². The van der Waals surface area contributed by atoms with Crippen molar-refractivity contribution in [3.8, 4) is 0 Å². The van der Waals surface area contributed by atoms with Gasteiger partial charge in [0.25, 0.3) is 0 Å². The van der Waals surface area contributed by atoms with Crippen molar-refractivity contribution < 1.29 is 0 Å². The van der Waals surface area contributed by atoms with Gasteiger partial charge in [-0.25, -0.2) is 0 Å². The quantitative estimate of drug-likeness (QED) is 0.605. The first-order valence-corrected chi connectivity index (χ1v) is 8.61. The molecule has 1 fully saturated rings. The molecule has 1 aromatic carbocycles. The molecule has 0 aliphatic carbocycles. The summed E-state index contributed by atoms with van der Waals surface area (Å²) in [4.78, 5) is 8.41. The standard InChI is InChI=1S/C17H22N2S/c1-4-11-19(12-5-1)13-6-14-20-17-9-10-18-16-8-3-2-7-15(16)17/h2-3,7-10H,1,4-6,11-14H2. The maximum atomic E-state index is 4.42. The van der Waals surface area contributed by atoms with Crippen molar-refractivity contribution in [1.29, 1.82) is 0 Å². The second-order valence-corrected chi connectivity index (χ2v) is 6.57. The maximum Gasteiger partial charge on any atom is 0.0713 e. The van der Waals surface area contributed by atoms with Crippen LogP contribution < -0.4 is 0 Å². The van der Waals surface area contributed by atoms with E-state index >= 15 is 0 Å². The fraction of sp³-hybridized carbons (Fsp3) is 0.471. The summed E-state index contributed by atoms with van der Waals surface area (Å²) >= 11 is 1.97. The predicted octanol–water partition coefficient (Wildman–Crippen LogP) is 4.20. The van der Waals surface area contributed by atoms with Crippen LogP contribution in [0.1, 0.15) is 25.7 Å². The number of aromatic nitrogens is 1. The molecule has 0 atom stereocenters. The third-order valence-corrected chi connectivity index (χ3v) is 5.09. The van der Waals surface area contributed by atoms with Crippen LogP contribution in [0.15, 0.2) is 41.4 Å². The summed E-state index contributed by atoms with van der Waals surface area (Å²) in [6.45, 7) is 3.88. The number of pyridine rings is 1. The van der Waals surface area contributed by atoms with Crippen molar-refractivity contribution in [3.63, 3.8) is 0 Å². The SMILES string of the molecule is c1ccc2c(SCCCN3CCCCC3)ccnc2c1. The highest BCUT2D eigenvalue weighted by Crippen LogP contribution is 2.26. The molecule has 0 unspecified atom stereocenters. The minimum absolute atomic E-state index is 1.11. The van der Waals surface area contributed by atoms with Crippen molar-refractivity contribution in [3.05, 3.63) is 36.5 Å². The van der Waals surface area contributed by atoms with Gasteiger partial charge in [-0.2, -0.15) is 0 Å². The molecule has 0 N–H and O–H groups in total. The Kier molecular flexibility index (Phi) is 4.93. The van der Waals surface area contributed by atoms with Gasteiger partial charge in [-0.1, -0.05) is 24.6 Å². The molecule has 2 heterocycles. The summed E-state index contributed by atoms with van der Waals surface area (Å²) in [7, 11) is 0. The molecule has 0 bridgehead atoms. The molecule has 0 radical (unpaired) electrons. The summed E-state index contributed by atoms with van der Waals surface area (Å²) in [5.41, 5.74) is 1.11. The number of rotatable bonds is 5. The summed E-state index contributed by atoms with van der Waals surface area (Å²) in [6.07, 6.45) is 7.41. The van der Waals surface area contributed by atoms with Crippen molar-refractivity contribution in [2.45, 2.75) is 30.6 Å². The topological polar surface area (TPSA) is 16.1 Å². The van der Waals surface area contributed by atoms with Gasteiger partial charge in [-0.15, -0.1) is 11.8 Å². The second kappa shape index (κ2) is 7.09. The molecule has 0 amide bonds. The summed E-state index contributed by atoms with van der Waals surface area (Å²) in [5, 5.41) is 1.29. The Morgan fingerprint density at radius 1 is 1.05 bits per heavy atom. The van der Waals surface area contributed by atoms with Gasteiger partial charge in [0.15, 0.2) is 0 Å². The molecule has 1 aliphatic rings. The lowest BCUT2D eigenvalue weighted by atomic mass is 10.1. The molecule has 2 aromatic rings. The second-order valence-electron chi connectivity index (χ2n) is 5.43. The van der Waals surface area contributed by atoms with Gasteiger partial charge in [0.05, 0.1) is 5.52 Å². The van der Waals surface area contributed by atoms with Crippen LogP contribution in [-0.4, -0.2) is 35.3 Å². The van der Waals surface area contributed by atoms with E-state index in [0.29, 0.717) is 0 Å². The van der Waals surface area contributed by atoms with E-state index in [0.717, 1.165) is 5.52 Å². The largest absolute Gasteiger partial charge is 0.303 e. The number of nitrogens with zero attached hydrogens (tertiary/aromatic N) is 2. The van der Waals surface area contributed by atoms with Crippen molar-refractivity contribution in [2.75, 3.05) is 25.4 Å². The highest BCUT2D eigenvalue weighted by atomic mass is 32.2. The Hall–Kier alpha value is -1.06. The van der Waals surface area contributed by atoms with Gasteiger partial charge < -0.3 is 4.90 Å². The van der Waals surface area contributed by atoms with Crippen LogP contribution >= 0.6 is 11.8 Å². The van der Waals surface area contributed by atoms with Gasteiger partial charge in [-0.05, 0) is 56.8 Å².